The minimum absolute atomic E-state index is 0.109. The van der Waals surface area contributed by atoms with Crippen molar-refractivity contribution in [2.75, 3.05) is 32.9 Å². The van der Waals surface area contributed by atoms with Gasteiger partial charge in [-0.15, -0.1) is 0 Å². The molecule has 1 N–H and O–H groups in total. The quantitative estimate of drug-likeness (QED) is 0.793. The van der Waals surface area contributed by atoms with Crippen LogP contribution in [0.2, 0.25) is 0 Å². The Morgan fingerprint density at radius 1 is 1.07 bits per heavy atom. The zero-order valence-electron chi connectivity index (χ0n) is 15.5. The Kier molecular flexibility index (Phi) is 6.35. The molecule has 0 atom stereocenters. The molecular formula is C20H25N3O4. The number of carbonyl (C=O) groups excluding carboxylic acids is 2. The minimum Gasteiger partial charge on any atom is -0.473 e. The van der Waals surface area contributed by atoms with E-state index in [1.807, 2.05) is 24.3 Å². The first-order valence-corrected chi connectivity index (χ1v) is 9.24. The van der Waals surface area contributed by atoms with Crippen LogP contribution < -0.4 is 10.1 Å². The molecule has 7 heteroatoms. The van der Waals surface area contributed by atoms with Crippen molar-refractivity contribution in [2.24, 2.45) is 0 Å². The van der Waals surface area contributed by atoms with Crippen LogP contribution in [0.1, 0.15) is 29.5 Å². The molecule has 0 saturated carbocycles. The monoisotopic (exact) mass is 371 g/mol. The second-order valence-electron chi connectivity index (χ2n) is 6.42. The van der Waals surface area contributed by atoms with Crippen LogP contribution in [-0.4, -0.2) is 54.6 Å². The number of amides is 3. The summed E-state index contributed by atoms with van der Waals surface area (Å²) in [6, 6.07) is 11.0. The number of urea groups is 1. The molecule has 1 aliphatic heterocycles. The Labute approximate surface area is 158 Å². The summed E-state index contributed by atoms with van der Waals surface area (Å²) in [5.41, 5.74) is 1.27. The van der Waals surface area contributed by atoms with Gasteiger partial charge in [0.25, 0.3) is 5.91 Å². The lowest BCUT2D eigenvalue weighted by Crippen LogP contribution is -2.53. The third kappa shape index (κ3) is 5.03. The molecule has 1 aliphatic rings. The van der Waals surface area contributed by atoms with E-state index >= 15 is 0 Å². The van der Waals surface area contributed by atoms with E-state index in [9.17, 15) is 9.59 Å². The van der Waals surface area contributed by atoms with Crippen LogP contribution in [-0.2, 0) is 6.42 Å². The summed E-state index contributed by atoms with van der Waals surface area (Å²) in [5, 5.41) is 2.76. The van der Waals surface area contributed by atoms with E-state index in [0.29, 0.717) is 31.9 Å². The molecule has 7 nitrogen and oxygen atoms in total. The summed E-state index contributed by atoms with van der Waals surface area (Å²) in [6.45, 7) is 4.16. The molecule has 3 rings (SSSR count). The molecule has 2 aromatic rings. The van der Waals surface area contributed by atoms with E-state index in [-0.39, 0.29) is 18.7 Å². The Morgan fingerprint density at radius 3 is 2.41 bits per heavy atom. The molecule has 1 aromatic heterocycles. The highest BCUT2D eigenvalue weighted by atomic mass is 16.5. The average Bonchev–Trinajstić information content (AvgIpc) is 3.24. The number of nitrogens with one attached hydrogen (secondary N) is 1. The molecule has 1 saturated heterocycles. The molecule has 0 radical (unpaired) electrons. The van der Waals surface area contributed by atoms with E-state index in [1.165, 1.54) is 11.8 Å². The molecule has 0 unspecified atom stereocenters. The second-order valence-corrected chi connectivity index (χ2v) is 6.42. The zero-order valence-corrected chi connectivity index (χ0v) is 15.5. The lowest BCUT2D eigenvalue weighted by Gasteiger charge is -2.34. The maximum Gasteiger partial charge on any atom is 0.320 e. The van der Waals surface area contributed by atoms with Crippen molar-refractivity contribution in [1.29, 1.82) is 0 Å². The van der Waals surface area contributed by atoms with Crippen LogP contribution in [0, 0.1) is 0 Å². The second kappa shape index (κ2) is 9.12. The zero-order chi connectivity index (χ0) is 19.1. The fourth-order valence-corrected chi connectivity index (χ4v) is 3.00. The van der Waals surface area contributed by atoms with E-state index in [4.69, 9.17) is 9.15 Å². The highest BCUT2D eigenvalue weighted by molar-refractivity contribution is 5.91. The first-order valence-electron chi connectivity index (χ1n) is 9.24. The van der Waals surface area contributed by atoms with Crippen LogP contribution in [0.15, 0.2) is 47.1 Å². The number of aryl methyl sites for hydroxylation is 1. The number of benzene rings is 1. The maximum absolute atomic E-state index is 12.2. The van der Waals surface area contributed by atoms with Crippen molar-refractivity contribution in [3.05, 3.63) is 54.0 Å². The largest absolute Gasteiger partial charge is 0.473 e. The Hall–Kier alpha value is -2.96. The van der Waals surface area contributed by atoms with Crippen molar-refractivity contribution >= 4 is 11.9 Å². The lowest BCUT2D eigenvalue weighted by molar-refractivity contribution is 0.0631. The number of rotatable bonds is 6. The van der Waals surface area contributed by atoms with Gasteiger partial charge in [0.1, 0.15) is 5.75 Å². The molecule has 3 amide bonds. The van der Waals surface area contributed by atoms with E-state index in [1.54, 1.807) is 21.9 Å². The Morgan fingerprint density at radius 2 is 1.78 bits per heavy atom. The highest BCUT2D eigenvalue weighted by Crippen LogP contribution is 2.13. The number of nitrogens with zero attached hydrogens (tertiary/aromatic N) is 2. The molecule has 0 aliphatic carbocycles. The molecular weight excluding hydrogens is 346 g/mol. The molecule has 144 valence electrons. The predicted molar refractivity (Wildman–Crippen MR) is 101 cm³/mol. The summed E-state index contributed by atoms with van der Waals surface area (Å²) in [7, 11) is 0. The van der Waals surface area contributed by atoms with Gasteiger partial charge >= 0.3 is 6.03 Å². The van der Waals surface area contributed by atoms with E-state index < -0.39 is 0 Å². The topological polar surface area (TPSA) is 75.0 Å². The first-order chi connectivity index (χ1) is 13.2. The summed E-state index contributed by atoms with van der Waals surface area (Å²) in [4.78, 5) is 27.8. The number of hydrogen-bond acceptors (Lipinski definition) is 4. The molecule has 0 spiro atoms. The molecule has 1 fully saturated rings. The van der Waals surface area contributed by atoms with Crippen molar-refractivity contribution in [2.45, 2.75) is 19.8 Å². The van der Waals surface area contributed by atoms with Gasteiger partial charge in [-0.05, 0) is 36.2 Å². The van der Waals surface area contributed by atoms with Gasteiger partial charge in [0, 0.05) is 26.2 Å². The average molecular weight is 371 g/mol. The van der Waals surface area contributed by atoms with Gasteiger partial charge in [-0.25, -0.2) is 4.79 Å². The standard InChI is InChI=1S/C20H25N3O4/c1-2-4-16-6-8-17(9-7-16)27-15-21-20(25)23-12-10-22(11-13-23)19(24)18-5-3-14-26-18/h3,5-9,14H,2,4,10-13,15H2,1H3,(H,21,25). The van der Waals surface area contributed by atoms with Crippen LogP contribution in [0.5, 0.6) is 5.75 Å². The van der Waals surface area contributed by atoms with Gasteiger partial charge in [-0.3, -0.25) is 4.79 Å². The van der Waals surface area contributed by atoms with Crippen LogP contribution in [0.3, 0.4) is 0 Å². The molecule has 27 heavy (non-hydrogen) atoms. The summed E-state index contributed by atoms with van der Waals surface area (Å²) < 4.78 is 10.7. The van der Waals surface area contributed by atoms with Gasteiger partial charge in [0.15, 0.2) is 12.5 Å². The fraction of sp³-hybridized carbons (Fsp3) is 0.400. The smallest absolute Gasteiger partial charge is 0.320 e. The minimum atomic E-state index is -0.192. The summed E-state index contributed by atoms with van der Waals surface area (Å²) >= 11 is 0. The number of piperazine rings is 1. The fourth-order valence-electron chi connectivity index (χ4n) is 3.00. The van der Waals surface area contributed by atoms with Crippen molar-refractivity contribution in [3.63, 3.8) is 0 Å². The Balaban J connectivity index is 1.38. The van der Waals surface area contributed by atoms with Crippen molar-refractivity contribution in [3.8, 4) is 5.75 Å². The van der Waals surface area contributed by atoms with Crippen molar-refractivity contribution in [1.82, 2.24) is 15.1 Å². The number of hydrogen-bond donors (Lipinski definition) is 1. The van der Waals surface area contributed by atoms with Crippen LogP contribution in [0.4, 0.5) is 4.79 Å². The molecule has 0 bridgehead atoms. The van der Waals surface area contributed by atoms with Crippen LogP contribution >= 0.6 is 0 Å². The van der Waals surface area contributed by atoms with Crippen molar-refractivity contribution < 1.29 is 18.7 Å². The van der Waals surface area contributed by atoms with E-state index in [2.05, 4.69) is 12.2 Å². The third-order valence-corrected chi connectivity index (χ3v) is 4.51. The van der Waals surface area contributed by atoms with E-state index in [0.717, 1.165) is 18.6 Å². The maximum atomic E-state index is 12.2. The number of furan rings is 1. The molecule has 2 heterocycles. The first kappa shape index (κ1) is 18.8. The summed E-state index contributed by atoms with van der Waals surface area (Å²) in [5.74, 6) is 0.908. The predicted octanol–water partition coefficient (Wildman–Crippen LogP) is 2.74. The lowest BCUT2D eigenvalue weighted by atomic mass is 10.1. The van der Waals surface area contributed by atoms with Gasteiger partial charge in [0.05, 0.1) is 6.26 Å². The van der Waals surface area contributed by atoms with Gasteiger partial charge in [-0.2, -0.15) is 0 Å². The third-order valence-electron chi connectivity index (χ3n) is 4.51. The highest BCUT2D eigenvalue weighted by Gasteiger charge is 2.25. The van der Waals surface area contributed by atoms with Gasteiger partial charge in [0.2, 0.25) is 0 Å². The van der Waals surface area contributed by atoms with Gasteiger partial charge < -0.3 is 24.3 Å². The van der Waals surface area contributed by atoms with Gasteiger partial charge in [-0.1, -0.05) is 25.5 Å². The normalized spacial score (nSPS) is 14.1. The SMILES string of the molecule is CCCc1ccc(OCNC(=O)N2CCN(C(=O)c3ccco3)CC2)cc1. The number of carbonyl (C=O) groups is 2. The summed E-state index contributed by atoms with van der Waals surface area (Å²) in [6.07, 6.45) is 3.64. The Bertz CT molecular complexity index is 735. The molecule has 1 aromatic carbocycles. The number of ether oxygens (including phenoxy) is 1. The van der Waals surface area contributed by atoms with Crippen LogP contribution in [0.25, 0.3) is 0 Å².